The van der Waals surface area contributed by atoms with E-state index in [-0.39, 0.29) is 25.0 Å². The third kappa shape index (κ3) is 2.65. The fourth-order valence-electron chi connectivity index (χ4n) is 2.05. The van der Waals surface area contributed by atoms with Crippen LogP contribution in [-0.2, 0) is 17.1 Å². The minimum Gasteiger partial charge on any atom is -0.213 e. The van der Waals surface area contributed by atoms with E-state index in [9.17, 15) is 0 Å². The monoisotopic (exact) mass is 292 g/mol. The molecule has 0 nitrogen and oxygen atoms in total. The van der Waals surface area contributed by atoms with Gasteiger partial charge in [-0.2, -0.15) is 24.3 Å². The Morgan fingerprint density at radius 1 is 0.611 bits per heavy atom. The van der Waals surface area contributed by atoms with E-state index < -0.39 is 0 Å². The van der Waals surface area contributed by atoms with Crippen molar-refractivity contribution in [3.05, 3.63) is 78.9 Å². The third-order valence-electron chi connectivity index (χ3n) is 2.82. The molecule has 0 aromatic heterocycles. The van der Waals surface area contributed by atoms with Gasteiger partial charge in [0.25, 0.3) is 0 Å². The van der Waals surface area contributed by atoms with Crippen molar-refractivity contribution in [1.82, 2.24) is 0 Å². The zero-order valence-electron chi connectivity index (χ0n) is 9.81. The maximum Gasteiger partial charge on any atom is 2.00 e. The number of hydrogen-bond donors (Lipinski definition) is 0. The van der Waals surface area contributed by atoms with Crippen molar-refractivity contribution < 1.29 is 17.1 Å². The van der Waals surface area contributed by atoms with E-state index in [1.165, 1.54) is 15.9 Å². The molecular weight excluding hydrogens is 279 g/mol. The second-order valence-corrected chi connectivity index (χ2v) is 6.18. The summed E-state index contributed by atoms with van der Waals surface area (Å²) in [6.07, 6.45) is 0. The van der Waals surface area contributed by atoms with Gasteiger partial charge in [-0.3, -0.25) is 0 Å². The van der Waals surface area contributed by atoms with E-state index >= 15 is 0 Å². The smallest absolute Gasteiger partial charge is 0.213 e. The van der Waals surface area contributed by atoms with Crippen molar-refractivity contribution in [1.29, 1.82) is 0 Å². The van der Waals surface area contributed by atoms with Gasteiger partial charge in [-0.15, -0.1) is 18.5 Å². The Kier molecular flexibility index (Phi) is 4.55. The van der Waals surface area contributed by atoms with Crippen LogP contribution in [0, 0.1) is 0 Å². The Bertz CT molecular complexity index is 518. The quantitative estimate of drug-likeness (QED) is 0.395. The summed E-state index contributed by atoms with van der Waals surface area (Å²) in [7, 11) is -0.372. The van der Waals surface area contributed by atoms with Crippen molar-refractivity contribution in [2.24, 2.45) is 0 Å². The summed E-state index contributed by atoms with van der Waals surface area (Å²) in [5.74, 6) is 0. The molecular formula is C16H13FeP. The molecule has 0 aliphatic carbocycles. The van der Waals surface area contributed by atoms with Crippen molar-refractivity contribution in [2.75, 3.05) is 0 Å². The molecule has 0 heterocycles. The van der Waals surface area contributed by atoms with E-state index in [1.807, 2.05) is 0 Å². The van der Waals surface area contributed by atoms with Crippen molar-refractivity contribution in [3.63, 3.8) is 0 Å². The summed E-state index contributed by atoms with van der Waals surface area (Å²) in [4.78, 5) is 0. The molecule has 90 valence electrons. The summed E-state index contributed by atoms with van der Waals surface area (Å²) in [6.45, 7) is 0. The molecule has 2 heteroatoms. The van der Waals surface area contributed by atoms with Gasteiger partial charge in [0.2, 0.25) is 0 Å². The Morgan fingerprint density at radius 2 is 1.06 bits per heavy atom. The maximum atomic E-state index is 2.23. The fourth-order valence-corrected chi connectivity index (χ4v) is 4.36. The standard InChI is InChI=1S/C16H13P.Fe/c1-2-8-14(9-3-1)17(15-10-4-5-11-15)16-12-6-7-13-16;/h1-13H;/q-2;+2. The largest absolute Gasteiger partial charge is 2.00 e. The molecule has 3 aromatic carbocycles. The predicted octanol–water partition coefficient (Wildman–Crippen LogP) is 2.88. The van der Waals surface area contributed by atoms with Gasteiger partial charge in [0, 0.05) is 0 Å². The summed E-state index contributed by atoms with van der Waals surface area (Å²) in [6, 6.07) is 28.2. The van der Waals surface area contributed by atoms with Gasteiger partial charge in [0.05, 0.1) is 0 Å². The second kappa shape index (κ2) is 6.16. The van der Waals surface area contributed by atoms with Crippen LogP contribution < -0.4 is 15.9 Å². The van der Waals surface area contributed by atoms with Crippen LogP contribution >= 0.6 is 7.92 Å². The van der Waals surface area contributed by atoms with E-state index in [0.717, 1.165) is 0 Å². The van der Waals surface area contributed by atoms with Crippen LogP contribution in [0.5, 0.6) is 0 Å². The zero-order valence-corrected chi connectivity index (χ0v) is 11.8. The Labute approximate surface area is 120 Å². The first-order chi connectivity index (χ1) is 8.45. The number of benzene rings is 1. The zero-order chi connectivity index (χ0) is 11.5. The molecule has 0 aliphatic rings. The summed E-state index contributed by atoms with van der Waals surface area (Å²) in [5, 5.41) is 4.27. The maximum absolute atomic E-state index is 2.23. The van der Waals surface area contributed by atoms with Crippen LogP contribution in [0.2, 0.25) is 0 Å². The summed E-state index contributed by atoms with van der Waals surface area (Å²) >= 11 is 0. The molecule has 3 aromatic rings. The minimum absolute atomic E-state index is 0. The van der Waals surface area contributed by atoms with Gasteiger partial charge in [-0.05, 0) is 5.30 Å². The molecule has 0 N–H and O–H groups in total. The van der Waals surface area contributed by atoms with Gasteiger partial charge in [0.15, 0.2) is 0 Å². The van der Waals surface area contributed by atoms with E-state index in [2.05, 4.69) is 78.9 Å². The van der Waals surface area contributed by atoms with Crippen molar-refractivity contribution in [2.45, 2.75) is 0 Å². The summed E-state index contributed by atoms with van der Waals surface area (Å²) < 4.78 is 0. The number of rotatable bonds is 3. The Hall–Kier alpha value is -1.13. The Morgan fingerprint density at radius 3 is 1.50 bits per heavy atom. The van der Waals surface area contributed by atoms with Crippen molar-refractivity contribution in [3.8, 4) is 0 Å². The molecule has 0 radical (unpaired) electrons. The molecule has 0 spiro atoms. The van der Waals surface area contributed by atoms with E-state index in [4.69, 9.17) is 0 Å². The molecule has 0 unspecified atom stereocenters. The Balaban J connectivity index is 0.00000120. The van der Waals surface area contributed by atoms with Crippen LogP contribution in [0.4, 0.5) is 0 Å². The molecule has 3 rings (SSSR count). The molecule has 0 atom stereocenters. The molecule has 0 saturated heterocycles. The average molecular weight is 292 g/mol. The van der Waals surface area contributed by atoms with Gasteiger partial charge in [-0.1, -0.05) is 30.3 Å². The van der Waals surface area contributed by atoms with Crippen LogP contribution in [0.3, 0.4) is 0 Å². The van der Waals surface area contributed by atoms with Crippen LogP contribution in [0.15, 0.2) is 78.9 Å². The van der Waals surface area contributed by atoms with Gasteiger partial charge in [-0.25, -0.2) is 24.3 Å². The van der Waals surface area contributed by atoms with E-state index in [1.54, 1.807) is 0 Å². The predicted molar refractivity (Wildman–Crippen MR) is 76.3 cm³/mol. The van der Waals surface area contributed by atoms with Gasteiger partial charge in [0.1, 0.15) is 0 Å². The molecule has 0 fully saturated rings. The molecule has 0 saturated carbocycles. The average Bonchev–Trinajstić information content (AvgIpc) is 3.04. The first-order valence-corrected chi connectivity index (χ1v) is 7.08. The van der Waals surface area contributed by atoms with Crippen LogP contribution in [0.1, 0.15) is 0 Å². The van der Waals surface area contributed by atoms with Gasteiger partial charge < -0.3 is 0 Å². The molecule has 0 aliphatic heterocycles. The molecule has 18 heavy (non-hydrogen) atoms. The molecule has 0 amide bonds. The third-order valence-corrected chi connectivity index (χ3v) is 5.26. The summed E-state index contributed by atoms with van der Waals surface area (Å²) in [5.41, 5.74) is 0. The van der Waals surface area contributed by atoms with Crippen molar-refractivity contribution >= 4 is 23.8 Å². The minimum atomic E-state index is -0.372. The normalized spacial score (nSPS) is 10.3. The number of hydrogen-bond acceptors (Lipinski definition) is 0. The van der Waals surface area contributed by atoms with E-state index in [0.29, 0.717) is 0 Å². The molecule has 0 bridgehead atoms. The van der Waals surface area contributed by atoms with Crippen LogP contribution in [0.25, 0.3) is 0 Å². The first-order valence-electron chi connectivity index (χ1n) is 5.74. The topological polar surface area (TPSA) is 0 Å². The van der Waals surface area contributed by atoms with Crippen LogP contribution in [-0.4, -0.2) is 0 Å². The fraction of sp³-hybridized carbons (Fsp3) is 0. The second-order valence-electron chi connectivity index (χ2n) is 3.96. The first kappa shape index (κ1) is 13.3. The van der Waals surface area contributed by atoms with Gasteiger partial charge >= 0.3 is 17.1 Å². The SMILES string of the molecule is [Fe+2].c1ccc(P([c-]2cccc2)[c-]2cccc2)cc1.